The molecule has 0 atom stereocenters. The van der Waals surface area contributed by atoms with Gasteiger partial charge >= 0.3 is 0 Å². The number of halogens is 1. The van der Waals surface area contributed by atoms with Gasteiger partial charge < -0.3 is 5.32 Å². The molecule has 3 rings (SSSR count). The largest absolute Gasteiger partial charge is 0.326 e. The molecule has 2 aromatic carbocycles. The van der Waals surface area contributed by atoms with Gasteiger partial charge in [0.2, 0.25) is 15.9 Å². The first kappa shape index (κ1) is 20.2. The Labute approximate surface area is 167 Å². The van der Waals surface area contributed by atoms with Gasteiger partial charge in [0.05, 0.1) is 9.82 Å². The number of piperidine rings is 1. The highest BCUT2D eigenvalue weighted by atomic mass is 35.5. The van der Waals surface area contributed by atoms with Crippen LogP contribution in [0.3, 0.4) is 0 Å². The summed E-state index contributed by atoms with van der Waals surface area (Å²) >= 11 is 5.77. The van der Waals surface area contributed by atoms with Gasteiger partial charge in [0.25, 0.3) is 5.69 Å². The number of sulfonamides is 1. The lowest BCUT2D eigenvalue weighted by molar-refractivity contribution is -0.384. The van der Waals surface area contributed by atoms with Gasteiger partial charge in [-0.05, 0) is 37.1 Å². The predicted molar refractivity (Wildman–Crippen MR) is 105 cm³/mol. The molecule has 1 heterocycles. The number of benzene rings is 2. The summed E-state index contributed by atoms with van der Waals surface area (Å²) in [7, 11) is -3.58. The molecule has 0 bridgehead atoms. The van der Waals surface area contributed by atoms with Gasteiger partial charge in [-0.25, -0.2) is 8.42 Å². The molecule has 0 spiro atoms. The molecule has 1 aliphatic rings. The van der Waals surface area contributed by atoms with E-state index in [4.69, 9.17) is 11.6 Å². The number of carbonyl (C=O) groups is 1. The zero-order valence-electron chi connectivity index (χ0n) is 14.7. The molecule has 1 N–H and O–H groups in total. The van der Waals surface area contributed by atoms with E-state index in [9.17, 15) is 23.3 Å². The summed E-state index contributed by atoms with van der Waals surface area (Å²) in [6.07, 6.45) is 0.737. The van der Waals surface area contributed by atoms with E-state index < -0.39 is 14.9 Å². The van der Waals surface area contributed by atoms with Gasteiger partial charge in [-0.15, -0.1) is 0 Å². The molecule has 8 nitrogen and oxygen atoms in total. The van der Waals surface area contributed by atoms with Crippen LogP contribution in [0.1, 0.15) is 12.8 Å². The number of hydrogen-bond acceptors (Lipinski definition) is 5. The van der Waals surface area contributed by atoms with Crippen LogP contribution in [0, 0.1) is 16.0 Å². The molecule has 2 aromatic rings. The fraction of sp³-hybridized carbons (Fsp3) is 0.278. The Morgan fingerprint density at radius 1 is 1.14 bits per heavy atom. The van der Waals surface area contributed by atoms with Crippen molar-refractivity contribution < 1.29 is 18.1 Å². The normalized spacial score (nSPS) is 15.9. The van der Waals surface area contributed by atoms with Gasteiger partial charge in [-0.1, -0.05) is 29.8 Å². The molecular formula is C18H18ClN3O5S. The SMILES string of the molecule is O=C(Nc1ccc(Cl)c([N+](=O)[O-])c1)C1CCN(S(=O)(=O)c2ccccc2)CC1. The zero-order valence-corrected chi connectivity index (χ0v) is 16.3. The Hall–Kier alpha value is -2.49. The van der Waals surface area contributed by atoms with Crippen molar-refractivity contribution >= 4 is 38.9 Å². The minimum atomic E-state index is -3.58. The maximum absolute atomic E-state index is 12.6. The van der Waals surface area contributed by atoms with E-state index in [-0.39, 0.29) is 46.2 Å². The van der Waals surface area contributed by atoms with E-state index >= 15 is 0 Å². The fourth-order valence-corrected chi connectivity index (χ4v) is 4.75. The van der Waals surface area contributed by atoms with Crippen molar-refractivity contribution in [2.24, 2.45) is 5.92 Å². The molecule has 1 fully saturated rings. The summed E-state index contributed by atoms with van der Waals surface area (Å²) in [6, 6.07) is 12.2. The van der Waals surface area contributed by atoms with Crippen LogP contribution >= 0.6 is 11.6 Å². The summed E-state index contributed by atoms with van der Waals surface area (Å²) in [6.45, 7) is 0.464. The number of hydrogen-bond donors (Lipinski definition) is 1. The predicted octanol–water partition coefficient (Wildman–Crippen LogP) is 3.29. The first-order valence-corrected chi connectivity index (χ1v) is 10.4. The van der Waals surface area contributed by atoms with Crippen LogP contribution in [-0.2, 0) is 14.8 Å². The van der Waals surface area contributed by atoms with Crippen LogP contribution in [0.15, 0.2) is 53.4 Å². The molecule has 0 unspecified atom stereocenters. The summed E-state index contributed by atoms with van der Waals surface area (Å²) in [5.74, 6) is -0.676. The number of carbonyl (C=O) groups excluding carboxylic acids is 1. The van der Waals surface area contributed by atoms with Crippen molar-refractivity contribution in [1.82, 2.24) is 4.31 Å². The molecule has 1 aliphatic heterocycles. The van der Waals surface area contributed by atoms with Crippen LogP contribution in [0.5, 0.6) is 0 Å². The van der Waals surface area contributed by atoms with Crippen molar-refractivity contribution in [3.05, 3.63) is 63.7 Å². The number of rotatable bonds is 5. The minimum Gasteiger partial charge on any atom is -0.326 e. The molecule has 0 aromatic heterocycles. The van der Waals surface area contributed by atoms with E-state index in [1.54, 1.807) is 30.3 Å². The third-order valence-electron chi connectivity index (χ3n) is 4.62. The van der Waals surface area contributed by atoms with E-state index in [0.717, 1.165) is 0 Å². The maximum atomic E-state index is 12.6. The zero-order chi connectivity index (χ0) is 20.3. The fourth-order valence-electron chi connectivity index (χ4n) is 3.07. The molecule has 1 amide bonds. The average Bonchev–Trinajstić information content (AvgIpc) is 2.70. The lowest BCUT2D eigenvalue weighted by atomic mass is 9.97. The molecule has 148 valence electrons. The maximum Gasteiger partial charge on any atom is 0.289 e. The van der Waals surface area contributed by atoms with Crippen LogP contribution < -0.4 is 5.32 Å². The molecule has 0 aliphatic carbocycles. The smallest absolute Gasteiger partial charge is 0.289 e. The summed E-state index contributed by atoms with van der Waals surface area (Å²) in [4.78, 5) is 23.0. The monoisotopic (exact) mass is 423 g/mol. The number of amides is 1. The quantitative estimate of drug-likeness (QED) is 0.586. The van der Waals surface area contributed by atoms with E-state index in [2.05, 4.69) is 5.32 Å². The lowest BCUT2D eigenvalue weighted by Crippen LogP contribution is -2.41. The van der Waals surface area contributed by atoms with Gasteiger partial charge in [-0.3, -0.25) is 14.9 Å². The van der Waals surface area contributed by atoms with Gasteiger partial charge in [0.15, 0.2) is 0 Å². The van der Waals surface area contributed by atoms with Crippen molar-refractivity contribution in [3.63, 3.8) is 0 Å². The number of nitrogens with one attached hydrogen (secondary N) is 1. The number of anilines is 1. The second-order valence-corrected chi connectivity index (χ2v) is 8.75. The Morgan fingerprint density at radius 3 is 2.39 bits per heavy atom. The van der Waals surface area contributed by atoms with Crippen molar-refractivity contribution in [2.75, 3.05) is 18.4 Å². The molecule has 0 saturated carbocycles. The van der Waals surface area contributed by atoms with E-state index in [1.807, 2.05) is 0 Å². The topological polar surface area (TPSA) is 110 Å². The average molecular weight is 424 g/mol. The summed E-state index contributed by atoms with van der Waals surface area (Å²) < 4.78 is 26.6. The highest BCUT2D eigenvalue weighted by Gasteiger charge is 2.32. The number of nitro groups is 1. The van der Waals surface area contributed by atoms with Crippen LogP contribution in [0.2, 0.25) is 5.02 Å². The van der Waals surface area contributed by atoms with E-state index in [0.29, 0.717) is 12.8 Å². The molecular weight excluding hydrogens is 406 g/mol. The Bertz CT molecular complexity index is 990. The second kappa shape index (κ2) is 8.26. The van der Waals surface area contributed by atoms with Gasteiger partial charge in [0.1, 0.15) is 5.02 Å². The highest BCUT2D eigenvalue weighted by Crippen LogP contribution is 2.29. The molecule has 0 radical (unpaired) electrons. The summed E-state index contributed by atoms with van der Waals surface area (Å²) in [5.41, 5.74) is -0.0105. The van der Waals surface area contributed by atoms with E-state index in [1.165, 1.54) is 22.5 Å². The van der Waals surface area contributed by atoms with Gasteiger partial charge in [-0.2, -0.15) is 4.31 Å². The third kappa shape index (κ3) is 4.32. The van der Waals surface area contributed by atoms with Gasteiger partial charge in [0, 0.05) is 30.8 Å². The van der Waals surface area contributed by atoms with Crippen LogP contribution in [-0.4, -0.2) is 36.6 Å². The molecule has 28 heavy (non-hydrogen) atoms. The Balaban J connectivity index is 1.63. The minimum absolute atomic E-state index is 0.0116. The van der Waals surface area contributed by atoms with Crippen molar-refractivity contribution in [2.45, 2.75) is 17.7 Å². The van der Waals surface area contributed by atoms with Crippen LogP contribution in [0.4, 0.5) is 11.4 Å². The highest BCUT2D eigenvalue weighted by molar-refractivity contribution is 7.89. The Kier molecular flexibility index (Phi) is 5.97. The number of nitro benzene ring substituents is 1. The second-order valence-electron chi connectivity index (χ2n) is 6.40. The first-order valence-electron chi connectivity index (χ1n) is 8.59. The van der Waals surface area contributed by atoms with Crippen molar-refractivity contribution in [3.8, 4) is 0 Å². The molecule has 1 saturated heterocycles. The Morgan fingerprint density at radius 2 is 1.79 bits per heavy atom. The summed E-state index contributed by atoms with van der Waals surface area (Å²) in [5, 5.41) is 13.6. The first-order chi connectivity index (χ1) is 13.3. The standard InChI is InChI=1S/C18H18ClN3O5S/c19-16-7-6-14(12-17(16)22(24)25)20-18(23)13-8-10-21(11-9-13)28(26,27)15-4-2-1-3-5-15/h1-7,12-13H,8-11H2,(H,20,23). The molecule has 10 heteroatoms. The van der Waals surface area contributed by atoms with Crippen molar-refractivity contribution in [1.29, 1.82) is 0 Å². The lowest BCUT2D eigenvalue weighted by Gasteiger charge is -2.30. The van der Waals surface area contributed by atoms with Crippen LogP contribution in [0.25, 0.3) is 0 Å². The number of nitrogens with zero attached hydrogens (tertiary/aromatic N) is 2. The third-order valence-corrected chi connectivity index (χ3v) is 6.85.